The molecule has 2 N–H and O–H groups in total. The Kier molecular flexibility index (Phi) is 2.52. The molecule has 16 heavy (non-hydrogen) atoms. The van der Waals surface area contributed by atoms with Gasteiger partial charge in [0.15, 0.2) is 0 Å². The van der Waals surface area contributed by atoms with Gasteiger partial charge in [-0.3, -0.25) is 0 Å². The minimum atomic E-state index is -0.0932. The summed E-state index contributed by atoms with van der Waals surface area (Å²) in [5.74, 6) is 0.627. The van der Waals surface area contributed by atoms with E-state index in [0.29, 0.717) is 5.92 Å². The van der Waals surface area contributed by atoms with Crippen LogP contribution < -0.4 is 5.73 Å². The molecule has 0 fully saturated rings. The first kappa shape index (κ1) is 10.7. The molecule has 0 aromatic heterocycles. The molecule has 0 amide bonds. The molecule has 0 saturated carbocycles. The Bertz CT molecular complexity index is 390. The lowest BCUT2D eigenvalue weighted by Gasteiger charge is -2.19. The first-order chi connectivity index (χ1) is 7.66. The van der Waals surface area contributed by atoms with E-state index < -0.39 is 0 Å². The van der Waals surface area contributed by atoms with E-state index in [1.54, 1.807) is 10.5 Å². The van der Waals surface area contributed by atoms with E-state index in [9.17, 15) is 0 Å². The van der Waals surface area contributed by atoms with Crippen LogP contribution in [0.1, 0.15) is 32.6 Å². The van der Waals surface area contributed by atoms with E-state index in [1.165, 1.54) is 19.3 Å². The van der Waals surface area contributed by atoms with Crippen LogP contribution in [0, 0.1) is 5.92 Å². The maximum Gasteiger partial charge on any atom is 0.0311 e. The van der Waals surface area contributed by atoms with Crippen molar-refractivity contribution in [2.45, 2.75) is 43.4 Å². The van der Waals surface area contributed by atoms with Crippen LogP contribution >= 0.6 is 11.8 Å². The van der Waals surface area contributed by atoms with Crippen molar-refractivity contribution in [1.29, 1.82) is 0 Å². The minimum absolute atomic E-state index is 0.0932. The van der Waals surface area contributed by atoms with Gasteiger partial charge in [0.05, 0.1) is 0 Å². The van der Waals surface area contributed by atoms with Gasteiger partial charge < -0.3 is 5.73 Å². The molecule has 1 nitrogen and oxygen atoms in total. The third kappa shape index (κ3) is 1.78. The normalized spacial score (nSPS) is 41.9. The molecule has 0 spiro atoms. The summed E-state index contributed by atoms with van der Waals surface area (Å²) in [4.78, 5) is 1.64. The Morgan fingerprint density at radius 1 is 1.50 bits per heavy atom. The molecular formula is C14H19NS. The number of fused-ring (bicyclic) bond motifs is 2. The maximum absolute atomic E-state index is 6.22. The molecular weight excluding hydrogens is 214 g/mol. The lowest BCUT2D eigenvalue weighted by atomic mass is 9.91. The van der Waals surface area contributed by atoms with Gasteiger partial charge in [0.2, 0.25) is 0 Å². The summed E-state index contributed by atoms with van der Waals surface area (Å²) in [7, 11) is 0. The molecule has 86 valence electrons. The van der Waals surface area contributed by atoms with Gasteiger partial charge in [-0.2, -0.15) is 0 Å². The van der Waals surface area contributed by atoms with E-state index in [-0.39, 0.29) is 5.54 Å². The monoisotopic (exact) mass is 233 g/mol. The fourth-order valence-electron chi connectivity index (χ4n) is 2.87. The Labute approximate surface area is 102 Å². The second-order valence-corrected chi connectivity index (χ2v) is 6.74. The molecule has 0 radical (unpaired) electrons. The van der Waals surface area contributed by atoms with Crippen LogP contribution in [-0.4, -0.2) is 10.8 Å². The van der Waals surface area contributed by atoms with Crippen LogP contribution in [0.4, 0.5) is 0 Å². The summed E-state index contributed by atoms with van der Waals surface area (Å²) in [6.07, 6.45) is 14.1. The topological polar surface area (TPSA) is 26.0 Å². The smallest absolute Gasteiger partial charge is 0.0311 e. The second kappa shape index (κ2) is 3.78. The molecule has 1 aliphatic heterocycles. The van der Waals surface area contributed by atoms with E-state index in [0.717, 1.165) is 11.7 Å². The lowest BCUT2D eigenvalue weighted by molar-refractivity contribution is 0.510. The largest absolute Gasteiger partial charge is 0.322 e. The van der Waals surface area contributed by atoms with E-state index in [2.05, 4.69) is 43.0 Å². The maximum atomic E-state index is 6.22. The molecule has 3 atom stereocenters. The molecule has 0 bridgehead atoms. The van der Waals surface area contributed by atoms with Crippen LogP contribution in [0.2, 0.25) is 0 Å². The summed E-state index contributed by atoms with van der Waals surface area (Å²) in [5.41, 5.74) is 7.70. The van der Waals surface area contributed by atoms with Crippen LogP contribution in [0.5, 0.6) is 0 Å². The van der Waals surface area contributed by atoms with Gasteiger partial charge in [0.1, 0.15) is 0 Å². The van der Waals surface area contributed by atoms with Crippen molar-refractivity contribution in [2.24, 2.45) is 11.7 Å². The Morgan fingerprint density at radius 3 is 3.25 bits per heavy atom. The predicted molar refractivity (Wildman–Crippen MR) is 71.2 cm³/mol. The zero-order valence-electron chi connectivity index (χ0n) is 9.78. The molecule has 0 saturated heterocycles. The zero-order valence-corrected chi connectivity index (χ0v) is 10.6. The average molecular weight is 233 g/mol. The summed E-state index contributed by atoms with van der Waals surface area (Å²) < 4.78 is 0. The van der Waals surface area contributed by atoms with Crippen molar-refractivity contribution >= 4 is 11.8 Å². The van der Waals surface area contributed by atoms with E-state index >= 15 is 0 Å². The Morgan fingerprint density at radius 2 is 2.38 bits per heavy atom. The summed E-state index contributed by atoms with van der Waals surface area (Å²) in [6, 6.07) is 0. The number of hydrogen-bond acceptors (Lipinski definition) is 2. The van der Waals surface area contributed by atoms with Gasteiger partial charge in [-0.15, -0.1) is 11.8 Å². The second-order valence-electron chi connectivity index (χ2n) is 5.41. The van der Waals surface area contributed by atoms with Crippen molar-refractivity contribution in [3.63, 3.8) is 0 Å². The van der Waals surface area contributed by atoms with Crippen LogP contribution in [0.15, 0.2) is 34.8 Å². The van der Waals surface area contributed by atoms with Crippen molar-refractivity contribution in [1.82, 2.24) is 0 Å². The highest BCUT2D eigenvalue weighted by Crippen LogP contribution is 2.50. The third-order valence-electron chi connectivity index (χ3n) is 3.86. The number of allylic oxidation sites excluding steroid dienone is 5. The zero-order chi connectivity index (χ0) is 11.2. The van der Waals surface area contributed by atoms with Crippen LogP contribution in [-0.2, 0) is 0 Å². The highest BCUT2D eigenvalue weighted by molar-refractivity contribution is 8.04. The molecule has 2 heteroatoms. The van der Waals surface area contributed by atoms with Crippen LogP contribution in [0.25, 0.3) is 0 Å². The summed E-state index contributed by atoms with van der Waals surface area (Å²) >= 11 is 2.11. The fraction of sp³-hybridized carbons (Fsp3) is 0.571. The van der Waals surface area contributed by atoms with E-state index in [1.807, 2.05) is 0 Å². The van der Waals surface area contributed by atoms with Gasteiger partial charge in [-0.1, -0.05) is 24.3 Å². The molecule has 3 aliphatic rings. The quantitative estimate of drug-likeness (QED) is 0.649. The number of hydrogen-bond donors (Lipinski definition) is 1. The van der Waals surface area contributed by atoms with Crippen molar-refractivity contribution < 1.29 is 0 Å². The Hall–Kier alpha value is -0.470. The van der Waals surface area contributed by atoms with E-state index in [4.69, 9.17) is 5.73 Å². The predicted octanol–water partition coefficient (Wildman–Crippen LogP) is 3.39. The number of nitrogens with two attached hydrogens (primary N) is 1. The van der Waals surface area contributed by atoms with Crippen LogP contribution in [0.3, 0.4) is 0 Å². The first-order valence-electron chi connectivity index (χ1n) is 6.20. The number of thioether (sulfide) groups is 1. The molecule has 0 aromatic carbocycles. The van der Waals surface area contributed by atoms with Crippen molar-refractivity contribution in [3.8, 4) is 0 Å². The highest BCUT2D eigenvalue weighted by Gasteiger charge is 2.36. The Balaban J connectivity index is 1.91. The standard InChI is InChI=1S/C14H19NS/c1-14(15)8-6-11-10-4-2-3-5-12(10)16-13(11)7-9-14/h2,4,6,8,11,13H,3,5,7,9,15H2,1H3. The van der Waals surface area contributed by atoms with Gasteiger partial charge >= 0.3 is 0 Å². The minimum Gasteiger partial charge on any atom is -0.322 e. The summed E-state index contributed by atoms with van der Waals surface area (Å²) in [5, 5.41) is 0.745. The first-order valence-corrected chi connectivity index (χ1v) is 7.08. The molecule has 3 rings (SSSR count). The summed E-state index contributed by atoms with van der Waals surface area (Å²) in [6.45, 7) is 2.14. The van der Waals surface area contributed by atoms with Gasteiger partial charge in [0, 0.05) is 16.7 Å². The molecule has 0 aromatic rings. The molecule has 3 unspecified atom stereocenters. The SMILES string of the molecule is CC1(N)C=CC2C3=C(CCC=C3)SC2CC1. The lowest BCUT2D eigenvalue weighted by Crippen LogP contribution is -2.33. The number of rotatable bonds is 0. The fourth-order valence-corrected chi connectivity index (χ4v) is 4.43. The van der Waals surface area contributed by atoms with Gasteiger partial charge in [-0.05, 0) is 43.1 Å². The highest BCUT2D eigenvalue weighted by atomic mass is 32.2. The van der Waals surface area contributed by atoms with Gasteiger partial charge in [0.25, 0.3) is 0 Å². The van der Waals surface area contributed by atoms with Crippen molar-refractivity contribution in [2.75, 3.05) is 0 Å². The molecule has 2 aliphatic carbocycles. The van der Waals surface area contributed by atoms with Crippen molar-refractivity contribution in [3.05, 3.63) is 34.8 Å². The third-order valence-corrected chi connectivity index (χ3v) is 5.42. The van der Waals surface area contributed by atoms with Gasteiger partial charge in [-0.25, -0.2) is 0 Å². The average Bonchev–Trinajstić information content (AvgIpc) is 2.54. The molecule has 1 heterocycles.